The van der Waals surface area contributed by atoms with Crippen molar-refractivity contribution < 1.29 is 23.8 Å². The van der Waals surface area contributed by atoms with Crippen molar-refractivity contribution >= 4 is 17.6 Å². The summed E-state index contributed by atoms with van der Waals surface area (Å²) in [6, 6.07) is 10.0. The van der Waals surface area contributed by atoms with E-state index in [2.05, 4.69) is 12.2 Å². The number of ether oxygens (including phenoxy) is 3. The zero-order chi connectivity index (χ0) is 19.8. The van der Waals surface area contributed by atoms with Crippen LogP contribution in [-0.2, 0) is 4.74 Å². The lowest BCUT2D eigenvalue weighted by Gasteiger charge is -2.13. The first kappa shape index (κ1) is 20.3. The van der Waals surface area contributed by atoms with E-state index in [0.29, 0.717) is 34.9 Å². The number of hydrogen-bond acceptors (Lipinski definition) is 5. The maximum absolute atomic E-state index is 12.6. The van der Waals surface area contributed by atoms with Crippen LogP contribution in [0.25, 0.3) is 0 Å². The van der Waals surface area contributed by atoms with E-state index in [0.717, 1.165) is 18.4 Å². The molecule has 0 heterocycles. The Kier molecular flexibility index (Phi) is 7.23. The van der Waals surface area contributed by atoms with Gasteiger partial charge in [-0.2, -0.15) is 0 Å². The zero-order valence-electron chi connectivity index (χ0n) is 16.1. The second-order valence-electron chi connectivity index (χ2n) is 6.04. The number of rotatable bonds is 8. The molecule has 0 radical (unpaired) electrons. The van der Waals surface area contributed by atoms with Gasteiger partial charge in [0, 0.05) is 11.3 Å². The maximum atomic E-state index is 12.6. The smallest absolute Gasteiger partial charge is 0.337 e. The third-order valence-corrected chi connectivity index (χ3v) is 4.09. The minimum Gasteiger partial charge on any atom is -0.493 e. The Bertz CT molecular complexity index is 816. The Morgan fingerprint density at radius 2 is 1.74 bits per heavy atom. The highest BCUT2D eigenvalue weighted by Crippen LogP contribution is 2.29. The van der Waals surface area contributed by atoms with Crippen LogP contribution in [0.2, 0.25) is 0 Å². The SMILES string of the molecule is CCCCOc1ccc(C(=O)Nc2cc(C(=O)OC)ccc2C)cc1OC. The summed E-state index contributed by atoms with van der Waals surface area (Å²) in [4.78, 5) is 24.3. The maximum Gasteiger partial charge on any atom is 0.337 e. The fourth-order valence-corrected chi connectivity index (χ4v) is 2.45. The van der Waals surface area contributed by atoms with Crippen molar-refractivity contribution in [3.63, 3.8) is 0 Å². The van der Waals surface area contributed by atoms with E-state index in [1.807, 2.05) is 6.92 Å². The number of amides is 1. The van der Waals surface area contributed by atoms with Gasteiger partial charge in [0.1, 0.15) is 0 Å². The first-order valence-corrected chi connectivity index (χ1v) is 8.81. The number of nitrogens with one attached hydrogen (secondary N) is 1. The molecule has 0 spiro atoms. The molecule has 0 aliphatic rings. The summed E-state index contributed by atoms with van der Waals surface area (Å²) in [5.74, 6) is 0.337. The van der Waals surface area contributed by atoms with Gasteiger partial charge in [-0.15, -0.1) is 0 Å². The van der Waals surface area contributed by atoms with Crippen molar-refractivity contribution in [1.29, 1.82) is 0 Å². The second-order valence-corrected chi connectivity index (χ2v) is 6.04. The van der Waals surface area contributed by atoms with Crippen molar-refractivity contribution in [3.8, 4) is 11.5 Å². The molecule has 2 aromatic rings. The molecule has 1 N–H and O–H groups in total. The number of aryl methyl sites for hydroxylation is 1. The first-order chi connectivity index (χ1) is 13.0. The van der Waals surface area contributed by atoms with Gasteiger partial charge in [0.05, 0.1) is 26.4 Å². The molecule has 6 nitrogen and oxygen atoms in total. The lowest BCUT2D eigenvalue weighted by Crippen LogP contribution is -2.14. The summed E-state index contributed by atoms with van der Waals surface area (Å²) >= 11 is 0. The summed E-state index contributed by atoms with van der Waals surface area (Å²) < 4.78 is 15.7. The van der Waals surface area contributed by atoms with E-state index >= 15 is 0 Å². The van der Waals surface area contributed by atoms with Gasteiger partial charge in [0.25, 0.3) is 5.91 Å². The Morgan fingerprint density at radius 1 is 1.00 bits per heavy atom. The number of unbranched alkanes of at least 4 members (excludes halogenated alkanes) is 1. The van der Waals surface area contributed by atoms with Gasteiger partial charge in [-0.25, -0.2) is 4.79 Å². The lowest BCUT2D eigenvalue weighted by molar-refractivity contribution is 0.0600. The largest absolute Gasteiger partial charge is 0.493 e. The van der Waals surface area contributed by atoms with E-state index in [1.54, 1.807) is 36.4 Å². The molecule has 0 atom stereocenters. The molecular weight excluding hydrogens is 346 g/mol. The molecule has 0 saturated carbocycles. The van der Waals surface area contributed by atoms with E-state index in [9.17, 15) is 9.59 Å². The van der Waals surface area contributed by atoms with Gasteiger partial charge < -0.3 is 19.5 Å². The summed E-state index contributed by atoms with van der Waals surface area (Å²) in [5.41, 5.74) is 2.18. The highest BCUT2D eigenvalue weighted by molar-refractivity contribution is 6.05. The van der Waals surface area contributed by atoms with E-state index in [-0.39, 0.29) is 5.91 Å². The molecule has 0 bridgehead atoms. The van der Waals surface area contributed by atoms with Gasteiger partial charge >= 0.3 is 5.97 Å². The monoisotopic (exact) mass is 371 g/mol. The third-order valence-electron chi connectivity index (χ3n) is 4.09. The van der Waals surface area contributed by atoms with Crippen molar-refractivity contribution in [2.45, 2.75) is 26.7 Å². The van der Waals surface area contributed by atoms with Crippen LogP contribution in [0.1, 0.15) is 46.0 Å². The van der Waals surface area contributed by atoms with Crippen LogP contribution in [0.15, 0.2) is 36.4 Å². The second kappa shape index (κ2) is 9.62. The zero-order valence-corrected chi connectivity index (χ0v) is 16.1. The van der Waals surface area contributed by atoms with Crippen molar-refractivity contribution in [1.82, 2.24) is 0 Å². The molecule has 2 aromatic carbocycles. The van der Waals surface area contributed by atoms with E-state index in [4.69, 9.17) is 14.2 Å². The van der Waals surface area contributed by atoms with Crippen molar-refractivity contribution in [2.75, 3.05) is 26.1 Å². The molecule has 1 amide bonds. The quantitative estimate of drug-likeness (QED) is 0.555. The minimum atomic E-state index is -0.458. The highest BCUT2D eigenvalue weighted by atomic mass is 16.5. The average molecular weight is 371 g/mol. The first-order valence-electron chi connectivity index (χ1n) is 8.81. The number of anilines is 1. The predicted molar refractivity (Wildman–Crippen MR) is 104 cm³/mol. The molecule has 0 aromatic heterocycles. The Hall–Kier alpha value is -3.02. The van der Waals surface area contributed by atoms with Crippen molar-refractivity contribution in [2.24, 2.45) is 0 Å². The van der Waals surface area contributed by atoms with Crippen LogP contribution < -0.4 is 14.8 Å². The Labute approximate surface area is 159 Å². The molecule has 0 aliphatic heterocycles. The minimum absolute atomic E-state index is 0.307. The third kappa shape index (κ3) is 5.23. The summed E-state index contributed by atoms with van der Waals surface area (Å²) in [6.45, 7) is 4.53. The van der Waals surface area contributed by atoms with Crippen LogP contribution >= 0.6 is 0 Å². The van der Waals surface area contributed by atoms with Gasteiger partial charge in [0.15, 0.2) is 11.5 Å². The van der Waals surface area contributed by atoms with E-state index in [1.165, 1.54) is 14.2 Å². The molecule has 2 rings (SSSR count). The summed E-state index contributed by atoms with van der Waals surface area (Å²) in [5, 5.41) is 2.83. The Balaban J connectivity index is 2.19. The van der Waals surface area contributed by atoms with E-state index < -0.39 is 5.97 Å². The number of carbonyl (C=O) groups is 2. The molecule has 27 heavy (non-hydrogen) atoms. The molecule has 0 aliphatic carbocycles. The number of esters is 1. The lowest BCUT2D eigenvalue weighted by atomic mass is 10.1. The summed E-state index contributed by atoms with van der Waals surface area (Å²) in [7, 11) is 2.85. The van der Waals surface area contributed by atoms with Crippen LogP contribution in [0.5, 0.6) is 11.5 Å². The van der Waals surface area contributed by atoms with Gasteiger partial charge in [-0.05, 0) is 49.2 Å². The number of methoxy groups -OCH3 is 2. The number of hydrogen-bond donors (Lipinski definition) is 1. The molecular formula is C21H25NO5. The molecule has 0 fully saturated rings. The molecule has 0 unspecified atom stereocenters. The molecule has 6 heteroatoms. The number of carbonyl (C=O) groups excluding carboxylic acids is 2. The highest BCUT2D eigenvalue weighted by Gasteiger charge is 2.14. The van der Waals surface area contributed by atoms with Crippen molar-refractivity contribution in [3.05, 3.63) is 53.1 Å². The topological polar surface area (TPSA) is 73.9 Å². The van der Waals surface area contributed by atoms with Crippen LogP contribution in [0.4, 0.5) is 5.69 Å². The van der Waals surface area contributed by atoms with Gasteiger partial charge in [0.2, 0.25) is 0 Å². The standard InChI is InChI=1S/C21H25NO5/c1-5-6-11-27-18-10-9-15(13-19(18)25-3)20(23)22-17-12-16(21(24)26-4)8-7-14(17)2/h7-10,12-13H,5-6,11H2,1-4H3,(H,22,23). The average Bonchev–Trinajstić information content (AvgIpc) is 2.69. The predicted octanol–water partition coefficient (Wildman–Crippen LogP) is 4.22. The van der Waals surface area contributed by atoms with Crippen LogP contribution in [0, 0.1) is 6.92 Å². The fraction of sp³-hybridized carbons (Fsp3) is 0.333. The van der Waals surface area contributed by atoms with Gasteiger partial charge in [-0.3, -0.25) is 4.79 Å². The summed E-state index contributed by atoms with van der Waals surface area (Å²) in [6.07, 6.45) is 1.98. The van der Waals surface area contributed by atoms with Crippen LogP contribution in [-0.4, -0.2) is 32.7 Å². The molecule has 144 valence electrons. The van der Waals surface area contributed by atoms with Gasteiger partial charge in [-0.1, -0.05) is 19.4 Å². The van der Waals surface area contributed by atoms with Crippen LogP contribution in [0.3, 0.4) is 0 Å². The molecule has 0 saturated heterocycles. The normalized spacial score (nSPS) is 10.2. The number of benzene rings is 2. The Morgan fingerprint density at radius 3 is 2.41 bits per heavy atom. The fourth-order valence-electron chi connectivity index (χ4n) is 2.45.